The first-order chi connectivity index (χ1) is 12.0. The number of hydrogen-bond acceptors (Lipinski definition) is 5. The summed E-state index contributed by atoms with van der Waals surface area (Å²) < 4.78 is 33.7. The lowest BCUT2D eigenvalue weighted by Crippen LogP contribution is -2.43. The Kier molecular flexibility index (Phi) is 6.14. The molecule has 1 saturated heterocycles. The van der Waals surface area contributed by atoms with E-state index in [-0.39, 0.29) is 10.9 Å². The van der Waals surface area contributed by atoms with Gasteiger partial charge in [-0.25, -0.2) is 13.1 Å². The van der Waals surface area contributed by atoms with Gasteiger partial charge in [0.15, 0.2) is 0 Å². The number of halogens is 1. The Hall–Kier alpha value is -0.960. The van der Waals surface area contributed by atoms with Crippen molar-refractivity contribution in [2.45, 2.75) is 17.9 Å². The Morgan fingerprint density at radius 1 is 1.32 bits per heavy atom. The van der Waals surface area contributed by atoms with Gasteiger partial charge in [-0.1, -0.05) is 17.7 Å². The Morgan fingerprint density at radius 2 is 2.08 bits per heavy atom. The highest BCUT2D eigenvalue weighted by Gasteiger charge is 2.26. The first-order valence-corrected chi connectivity index (χ1v) is 10.9. The minimum absolute atomic E-state index is 0.00980. The minimum Gasteiger partial charge on any atom is -0.379 e. The molecule has 0 aliphatic carbocycles. The summed E-state index contributed by atoms with van der Waals surface area (Å²) >= 11 is 7.59. The fraction of sp³-hybridized carbons (Fsp3) is 0.412. The predicted octanol–water partition coefficient (Wildman–Crippen LogP) is 3.06. The Morgan fingerprint density at radius 3 is 2.76 bits per heavy atom. The van der Waals surface area contributed by atoms with Gasteiger partial charge >= 0.3 is 0 Å². The van der Waals surface area contributed by atoms with Crippen LogP contribution in [-0.4, -0.2) is 46.2 Å². The van der Waals surface area contributed by atoms with Gasteiger partial charge in [0.1, 0.15) is 0 Å². The van der Waals surface area contributed by atoms with Crippen molar-refractivity contribution in [3.8, 4) is 0 Å². The molecule has 0 saturated carbocycles. The maximum Gasteiger partial charge on any atom is 0.240 e. The van der Waals surface area contributed by atoms with Crippen molar-refractivity contribution < 1.29 is 13.2 Å². The van der Waals surface area contributed by atoms with Gasteiger partial charge in [-0.3, -0.25) is 4.90 Å². The van der Waals surface area contributed by atoms with Crippen LogP contribution in [0.5, 0.6) is 0 Å². The number of sulfonamides is 1. The van der Waals surface area contributed by atoms with Gasteiger partial charge in [0, 0.05) is 30.7 Å². The second kappa shape index (κ2) is 8.16. The monoisotopic (exact) mass is 400 g/mol. The van der Waals surface area contributed by atoms with E-state index in [1.807, 2.05) is 11.4 Å². The number of hydrogen-bond donors (Lipinski definition) is 1. The lowest BCUT2D eigenvalue weighted by Gasteiger charge is -2.34. The number of thiophene rings is 1. The van der Waals surface area contributed by atoms with Crippen LogP contribution in [0.3, 0.4) is 0 Å². The van der Waals surface area contributed by atoms with Crippen molar-refractivity contribution in [3.63, 3.8) is 0 Å². The number of nitrogens with zero attached hydrogens (tertiary/aromatic N) is 1. The molecular weight excluding hydrogens is 380 g/mol. The fourth-order valence-electron chi connectivity index (χ4n) is 2.94. The normalized spacial score (nSPS) is 17.5. The molecular formula is C17H21ClN2O3S2. The van der Waals surface area contributed by atoms with E-state index >= 15 is 0 Å². The summed E-state index contributed by atoms with van der Waals surface area (Å²) in [6, 6.07) is 6.94. The van der Waals surface area contributed by atoms with E-state index in [9.17, 15) is 8.42 Å². The number of aryl methyl sites for hydroxylation is 1. The van der Waals surface area contributed by atoms with Gasteiger partial charge in [-0.05, 0) is 47.0 Å². The number of ether oxygens (including phenoxy) is 1. The van der Waals surface area contributed by atoms with Crippen LogP contribution in [0, 0.1) is 6.92 Å². The summed E-state index contributed by atoms with van der Waals surface area (Å²) in [5.74, 6) is 0. The van der Waals surface area contributed by atoms with Crippen molar-refractivity contribution in [1.82, 2.24) is 9.62 Å². The van der Waals surface area contributed by atoms with Gasteiger partial charge in [0.2, 0.25) is 10.0 Å². The molecule has 1 aromatic carbocycles. The maximum atomic E-state index is 12.8. The second-order valence-corrected chi connectivity index (χ2v) is 8.93. The molecule has 0 spiro atoms. The Balaban J connectivity index is 1.79. The zero-order valence-electron chi connectivity index (χ0n) is 13.9. The summed E-state index contributed by atoms with van der Waals surface area (Å²) in [5, 5.41) is 4.49. The third-order valence-electron chi connectivity index (χ3n) is 4.32. The van der Waals surface area contributed by atoms with Crippen molar-refractivity contribution in [2.24, 2.45) is 0 Å². The molecule has 0 bridgehead atoms. The first-order valence-electron chi connectivity index (χ1n) is 8.07. The van der Waals surface area contributed by atoms with E-state index < -0.39 is 10.0 Å². The maximum absolute atomic E-state index is 12.8. The van der Waals surface area contributed by atoms with Crippen LogP contribution < -0.4 is 4.72 Å². The molecule has 1 atom stereocenters. The SMILES string of the molecule is Cc1ccc(Cl)cc1S(=O)(=O)NCC(c1ccsc1)N1CCOCC1. The van der Waals surface area contributed by atoms with E-state index in [4.69, 9.17) is 16.3 Å². The molecule has 1 unspecified atom stereocenters. The molecule has 2 heterocycles. The highest BCUT2D eigenvalue weighted by atomic mass is 35.5. The molecule has 1 N–H and O–H groups in total. The number of nitrogens with one attached hydrogen (secondary N) is 1. The number of morpholine rings is 1. The number of rotatable bonds is 6. The molecule has 1 aromatic heterocycles. The largest absolute Gasteiger partial charge is 0.379 e. The summed E-state index contributed by atoms with van der Waals surface area (Å²) in [6.45, 7) is 4.99. The van der Waals surface area contributed by atoms with Crippen molar-refractivity contribution in [2.75, 3.05) is 32.8 Å². The molecule has 0 amide bonds. The molecule has 136 valence electrons. The summed E-state index contributed by atoms with van der Waals surface area (Å²) in [5.41, 5.74) is 1.80. The van der Waals surface area contributed by atoms with E-state index in [1.54, 1.807) is 30.4 Å². The molecule has 1 aliphatic heterocycles. The zero-order chi connectivity index (χ0) is 17.9. The predicted molar refractivity (Wildman–Crippen MR) is 101 cm³/mol. The van der Waals surface area contributed by atoms with Gasteiger partial charge in [-0.15, -0.1) is 0 Å². The van der Waals surface area contributed by atoms with Crippen LogP contribution in [-0.2, 0) is 14.8 Å². The van der Waals surface area contributed by atoms with Crippen LogP contribution >= 0.6 is 22.9 Å². The van der Waals surface area contributed by atoms with Crippen molar-refractivity contribution >= 4 is 33.0 Å². The van der Waals surface area contributed by atoms with Crippen LogP contribution in [0.25, 0.3) is 0 Å². The number of benzene rings is 1. The van der Waals surface area contributed by atoms with Crippen molar-refractivity contribution in [3.05, 3.63) is 51.2 Å². The topological polar surface area (TPSA) is 58.6 Å². The molecule has 8 heteroatoms. The summed E-state index contributed by atoms with van der Waals surface area (Å²) in [7, 11) is -3.63. The highest BCUT2D eigenvalue weighted by Crippen LogP contribution is 2.25. The third-order valence-corrected chi connectivity index (χ3v) is 6.82. The highest BCUT2D eigenvalue weighted by molar-refractivity contribution is 7.89. The average molecular weight is 401 g/mol. The van der Waals surface area contributed by atoms with E-state index in [0.717, 1.165) is 18.7 Å². The quantitative estimate of drug-likeness (QED) is 0.809. The first kappa shape index (κ1) is 18.8. The lowest BCUT2D eigenvalue weighted by molar-refractivity contribution is 0.0173. The van der Waals surface area contributed by atoms with Gasteiger partial charge < -0.3 is 4.74 Å². The molecule has 1 aliphatic rings. The minimum atomic E-state index is -3.63. The van der Waals surface area contributed by atoms with Crippen LogP contribution in [0.2, 0.25) is 5.02 Å². The molecule has 0 radical (unpaired) electrons. The molecule has 2 aromatic rings. The molecule has 3 rings (SSSR count). The Labute approximate surface area is 157 Å². The molecule has 25 heavy (non-hydrogen) atoms. The van der Waals surface area contributed by atoms with Gasteiger partial charge in [0.05, 0.1) is 18.1 Å². The molecule has 1 fully saturated rings. The van der Waals surface area contributed by atoms with Gasteiger partial charge in [0.25, 0.3) is 0 Å². The zero-order valence-corrected chi connectivity index (χ0v) is 16.3. The van der Waals surface area contributed by atoms with E-state index in [0.29, 0.717) is 30.3 Å². The van der Waals surface area contributed by atoms with Crippen molar-refractivity contribution in [1.29, 1.82) is 0 Å². The second-order valence-electron chi connectivity index (χ2n) is 5.98. The summed E-state index contributed by atoms with van der Waals surface area (Å²) in [6.07, 6.45) is 0. The van der Waals surface area contributed by atoms with Gasteiger partial charge in [-0.2, -0.15) is 11.3 Å². The van der Waals surface area contributed by atoms with E-state index in [1.165, 1.54) is 6.07 Å². The Bertz CT molecular complexity index is 803. The fourth-order valence-corrected chi connectivity index (χ4v) is 5.19. The smallest absolute Gasteiger partial charge is 0.240 e. The van der Waals surface area contributed by atoms with Crippen LogP contribution in [0.1, 0.15) is 17.2 Å². The summed E-state index contributed by atoms with van der Waals surface area (Å²) in [4.78, 5) is 2.49. The third kappa shape index (κ3) is 4.61. The molecule has 5 nitrogen and oxygen atoms in total. The standard InChI is InChI=1S/C17H21ClN2O3S2/c1-13-2-3-15(18)10-17(13)25(21,22)19-11-16(14-4-9-24-12-14)20-5-7-23-8-6-20/h2-4,9-10,12,16,19H,5-8,11H2,1H3. The van der Waals surface area contributed by atoms with Crippen LogP contribution in [0.4, 0.5) is 0 Å². The average Bonchev–Trinajstić information content (AvgIpc) is 3.12. The lowest BCUT2D eigenvalue weighted by atomic mass is 10.1. The van der Waals surface area contributed by atoms with E-state index in [2.05, 4.69) is 15.0 Å². The van der Waals surface area contributed by atoms with Crippen LogP contribution in [0.15, 0.2) is 39.9 Å².